The molecule has 0 saturated heterocycles. The van der Waals surface area contributed by atoms with Crippen molar-refractivity contribution in [3.63, 3.8) is 0 Å². The molecule has 0 radical (unpaired) electrons. The minimum atomic E-state index is -0.337. The number of nitrogens with one attached hydrogen (secondary N) is 1. The molecule has 1 N–H and O–H groups in total. The van der Waals surface area contributed by atoms with Gasteiger partial charge in [-0.05, 0) is 30.3 Å². The Morgan fingerprint density at radius 3 is 2.45 bits per heavy atom. The topological polar surface area (TPSA) is 41.5 Å². The lowest BCUT2D eigenvalue weighted by atomic mass is 10.2. The molecule has 102 valence electrons. The SMILES string of the molecule is O=C(NN=Cc1cccc(Cl)c1Cl)c1ccc(Cl)cc1. The molecule has 20 heavy (non-hydrogen) atoms. The maximum absolute atomic E-state index is 11.8. The molecule has 2 aromatic rings. The first kappa shape index (κ1) is 14.9. The van der Waals surface area contributed by atoms with Gasteiger partial charge in [0.15, 0.2) is 0 Å². The van der Waals surface area contributed by atoms with Gasteiger partial charge in [-0.15, -0.1) is 0 Å². The molecule has 6 heteroatoms. The second-order valence-electron chi connectivity index (χ2n) is 3.85. The van der Waals surface area contributed by atoms with E-state index in [0.717, 1.165) is 0 Å². The smallest absolute Gasteiger partial charge is 0.267 e. The minimum Gasteiger partial charge on any atom is -0.267 e. The molecule has 0 aromatic heterocycles. The van der Waals surface area contributed by atoms with Gasteiger partial charge >= 0.3 is 0 Å². The van der Waals surface area contributed by atoms with Gasteiger partial charge in [-0.1, -0.05) is 46.9 Å². The summed E-state index contributed by atoms with van der Waals surface area (Å²) in [6.45, 7) is 0. The lowest BCUT2D eigenvalue weighted by Crippen LogP contribution is -2.17. The summed E-state index contributed by atoms with van der Waals surface area (Å²) in [5, 5.41) is 5.23. The van der Waals surface area contributed by atoms with Crippen LogP contribution in [0.15, 0.2) is 47.6 Å². The minimum absolute atomic E-state index is 0.337. The number of carbonyl (C=O) groups is 1. The number of rotatable bonds is 3. The summed E-state index contributed by atoms with van der Waals surface area (Å²) < 4.78 is 0. The predicted octanol–water partition coefficient (Wildman–Crippen LogP) is 4.41. The van der Waals surface area contributed by atoms with Crippen LogP contribution < -0.4 is 5.43 Å². The average Bonchev–Trinajstić information content (AvgIpc) is 2.44. The summed E-state index contributed by atoms with van der Waals surface area (Å²) in [6.07, 6.45) is 1.43. The number of hydrogen-bond acceptors (Lipinski definition) is 2. The fraction of sp³-hybridized carbons (Fsp3) is 0. The maximum atomic E-state index is 11.8. The number of carbonyl (C=O) groups excluding carboxylic acids is 1. The molecule has 0 aliphatic carbocycles. The first-order valence-electron chi connectivity index (χ1n) is 5.61. The molecular formula is C14H9Cl3N2O. The molecule has 3 nitrogen and oxygen atoms in total. The number of benzene rings is 2. The summed E-state index contributed by atoms with van der Waals surface area (Å²) in [4.78, 5) is 11.8. The van der Waals surface area contributed by atoms with Crippen LogP contribution in [-0.4, -0.2) is 12.1 Å². The van der Waals surface area contributed by atoms with Crippen LogP contribution in [0, 0.1) is 0 Å². The number of hydrazone groups is 1. The van der Waals surface area contributed by atoms with Gasteiger partial charge in [0.2, 0.25) is 0 Å². The van der Waals surface area contributed by atoms with Gasteiger partial charge in [0.05, 0.1) is 16.3 Å². The van der Waals surface area contributed by atoms with Crippen LogP contribution in [0.25, 0.3) is 0 Å². The third-order valence-electron chi connectivity index (χ3n) is 2.46. The Labute approximate surface area is 131 Å². The van der Waals surface area contributed by atoms with Crippen molar-refractivity contribution in [2.45, 2.75) is 0 Å². The lowest BCUT2D eigenvalue weighted by Gasteiger charge is -2.01. The molecule has 2 rings (SSSR count). The molecule has 0 aliphatic heterocycles. The van der Waals surface area contributed by atoms with Gasteiger partial charge < -0.3 is 0 Å². The van der Waals surface area contributed by atoms with E-state index in [1.165, 1.54) is 6.21 Å². The van der Waals surface area contributed by atoms with Crippen molar-refractivity contribution in [1.82, 2.24) is 5.43 Å². The number of halogens is 3. The molecule has 0 bridgehead atoms. The fourth-order valence-corrected chi connectivity index (χ4v) is 1.93. The summed E-state index contributed by atoms with van der Waals surface area (Å²) >= 11 is 17.6. The standard InChI is InChI=1S/C14H9Cl3N2O/c15-11-6-4-9(5-7-11)14(20)19-18-8-10-2-1-3-12(16)13(10)17/h1-8H,(H,19,20). The Hall–Kier alpha value is -1.55. The Bertz CT molecular complexity index is 654. The van der Waals surface area contributed by atoms with E-state index in [-0.39, 0.29) is 5.91 Å². The largest absolute Gasteiger partial charge is 0.271 e. The van der Waals surface area contributed by atoms with Crippen LogP contribution in [-0.2, 0) is 0 Å². The van der Waals surface area contributed by atoms with E-state index in [1.54, 1.807) is 42.5 Å². The van der Waals surface area contributed by atoms with Gasteiger partial charge in [0.25, 0.3) is 5.91 Å². The molecule has 1 amide bonds. The zero-order chi connectivity index (χ0) is 14.5. The highest BCUT2D eigenvalue weighted by atomic mass is 35.5. The van der Waals surface area contributed by atoms with Crippen molar-refractivity contribution in [2.75, 3.05) is 0 Å². The monoisotopic (exact) mass is 326 g/mol. The van der Waals surface area contributed by atoms with Crippen LogP contribution in [0.1, 0.15) is 15.9 Å². The third-order valence-corrected chi connectivity index (χ3v) is 3.54. The first-order chi connectivity index (χ1) is 9.58. The first-order valence-corrected chi connectivity index (χ1v) is 6.74. The molecular weight excluding hydrogens is 319 g/mol. The molecule has 2 aromatic carbocycles. The highest BCUT2D eigenvalue weighted by Crippen LogP contribution is 2.24. The molecule has 0 spiro atoms. The van der Waals surface area contributed by atoms with Crippen molar-refractivity contribution < 1.29 is 4.79 Å². The molecule has 0 saturated carbocycles. The van der Waals surface area contributed by atoms with Crippen LogP contribution in [0.4, 0.5) is 0 Å². The Kier molecular flexibility index (Phi) is 5.01. The van der Waals surface area contributed by atoms with E-state index in [2.05, 4.69) is 10.5 Å². The van der Waals surface area contributed by atoms with E-state index in [4.69, 9.17) is 34.8 Å². The van der Waals surface area contributed by atoms with E-state index in [1.807, 2.05) is 0 Å². The predicted molar refractivity (Wildman–Crippen MR) is 83.0 cm³/mol. The second kappa shape index (κ2) is 6.75. The fourth-order valence-electron chi connectivity index (χ4n) is 1.45. The number of hydrogen-bond donors (Lipinski definition) is 1. The highest BCUT2D eigenvalue weighted by Gasteiger charge is 2.04. The lowest BCUT2D eigenvalue weighted by molar-refractivity contribution is 0.0955. The van der Waals surface area contributed by atoms with E-state index < -0.39 is 0 Å². The van der Waals surface area contributed by atoms with Crippen LogP contribution in [0.2, 0.25) is 15.1 Å². The van der Waals surface area contributed by atoms with E-state index >= 15 is 0 Å². The van der Waals surface area contributed by atoms with E-state index in [0.29, 0.717) is 26.2 Å². The van der Waals surface area contributed by atoms with Crippen LogP contribution in [0.5, 0.6) is 0 Å². The third kappa shape index (κ3) is 3.73. The van der Waals surface area contributed by atoms with Gasteiger partial charge in [-0.3, -0.25) is 4.79 Å². The second-order valence-corrected chi connectivity index (χ2v) is 5.07. The Morgan fingerprint density at radius 2 is 1.75 bits per heavy atom. The van der Waals surface area contributed by atoms with Gasteiger partial charge in [-0.25, -0.2) is 5.43 Å². The summed E-state index contributed by atoms with van der Waals surface area (Å²) in [7, 11) is 0. The molecule has 0 heterocycles. The molecule has 0 unspecified atom stereocenters. The van der Waals surface area contributed by atoms with Crippen molar-refractivity contribution in [3.05, 3.63) is 68.7 Å². The van der Waals surface area contributed by atoms with Gasteiger partial charge in [0.1, 0.15) is 0 Å². The van der Waals surface area contributed by atoms with Crippen molar-refractivity contribution in [1.29, 1.82) is 0 Å². The number of amides is 1. The van der Waals surface area contributed by atoms with Crippen molar-refractivity contribution in [3.8, 4) is 0 Å². The quantitative estimate of drug-likeness (QED) is 0.658. The van der Waals surface area contributed by atoms with Gasteiger partial charge in [-0.2, -0.15) is 5.10 Å². The zero-order valence-electron chi connectivity index (χ0n) is 10.1. The highest BCUT2D eigenvalue weighted by molar-refractivity contribution is 6.43. The summed E-state index contributed by atoms with van der Waals surface area (Å²) in [6, 6.07) is 11.7. The van der Waals surface area contributed by atoms with Crippen molar-refractivity contribution >= 4 is 46.9 Å². The zero-order valence-corrected chi connectivity index (χ0v) is 12.4. The molecule has 0 aliphatic rings. The summed E-state index contributed by atoms with van der Waals surface area (Å²) in [5.74, 6) is -0.337. The Morgan fingerprint density at radius 1 is 1.05 bits per heavy atom. The van der Waals surface area contributed by atoms with Gasteiger partial charge in [0, 0.05) is 16.1 Å². The van der Waals surface area contributed by atoms with Crippen molar-refractivity contribution in [2.24, 2.45) is 5.10 Å². The maximum Gasteiger partial charge on any atom is 0.271 e. The molecule has 0 fully saturated rings. The van der Waals surface area contributed by atoms with Crippen LogP contribution in [0.3, 0.4) is 0 Å². The summed E-state index contributed by atoms with van der Waals surface area (Å²) in [5.41, 5.74) is 3.48. The van der Waals surface area contributed by atoms with Crippen LogP contribution >= 0.6 is 34.8 Å². The Balaban J connectivity index is 2.04. The van der Waals surface area contributed by atoms with E-state index in [9.17, 15) is 4.79 Å². The normalized spacial score (nSPS) is 10.8. The molecule has 0 atom stereocenters. The number of nitrogens with zero attached hydrogens (tertiary/aromatic N) is 1. The average molecular weight is 328 g/mol.